The molecule has 2 aromatic rings. The Morgan fingerprint density at radius 3 is 2.40 bits per heavy atom. The Morgan fingerprint density at radius 1 is 1.07 bits per heavy atom. The fourth-order valence-corrected chi connectivity index (χ4v) is 3.58. The molecule has 0 aliphatic heterocycles. The van der Waals surface area contributed by atoms with Crippen molar-refractivity contribution in [2.75, 3.05) is 33.9 Å². The third-order valence-electron chi connectivity index (χ3n) is 4.16. The van der Waals surface area contributed by atoms with Crippen LogP contribution in [0.5, 0.6) is 0 Å². The van der Waals surface area contributed by atoms with Gasteiger partial charge in [-0.15, -0.1) is 24.0 Å². The lowest BCUT2D eigenvalue weighted by Gasteiger charge is -2.13. The quantitative estimate of drug-likeness (QED) is 0.183. The Bertz CT molecular complexity index is 909. The van der Waals surface area contributed by atoms with E-state index in [9.17, 15) is 12.8 Å². The summed E-state index contributed by atoms with van der Waals surface area (Å²) in [5, 5.41) is 6.28. The average Bonchev–Trinajstić information content (AvgIpc) is 2.72. The minimum Gasteiger partial charge on any atom is -0.383 e. The summed E-state index contributed by atoms with van der Waals surface area (Å²) in [7, 11) is -0.379. The second-order valence-corrected chi connectivity index (χ2v) is 8.00. The van der Waals surface area contributed by atoms with Gasteiger partial charge in [0.1, 0.15) is 5.82 Å². The highest BCUT2D eigenvalue weighted by molar-refractivity contribution is 14.0. The van der Waals surface area contributed by atoms with Crippen molar-refractivity contribution in [3.05, 3.63) is 65.5 Å². The molecule has 0 aromatic heterocycles. The van der Waals surface area contributed by atoms with E-state index in [1.165, 1.54) is 13.2 Å². The summed E-state index contributed by atoms with van der Waals surface area (Å²) in [6.45, 7) is 1.53. The first kappa shape index (κ1) is 26.3. The summed E-state index contributed by atoms with van der Waals surface area (Å²) >= 11 is 0. The second kappa shape index (κ2) is 13.5. The van der Waals surface area contributed by atoms with Crippen molar-refractivity contribution in [1.82, 2.24) is 15.4 Å². The molecule has 0 aliphatic rings. The number of methoxy groups -OCH3 is 1. The van der Waals surface area contributed by atoms with Crippen LogP contribution in [0.4, 0.5) is 4.39 Å². The number of guanidine groups is 1. The number of rotatable bonds is 10. The number of hydrogen-bond donors (Lipinski definition) is 3. The van der Waals surface area contributed by atoms with Gasteiger partial charge < -0.3 is 15.4 Å². The van der Waals surface area contributed by atoms with E-state index in [0.29, 0.717) is 37.6 Å². The highest BCUT2D eigenvalue weighted by Gasteiger charge is 2.12. The monoisotopic (exact) mass is 550 g/mol. The van der Waals surface area contributed by atoms with E-state index in [1.54, 1.807) is 43.4 Å². The Labute approximate surface area is 194 Å². The summed E-state index contributed by atoms with van der Waals surface area (Å²) in [6, 6.07) is 13.3. The Hall–Kier alpha value is -1.76. The Kier molecular flexibility index (Phi) is 11.8. The van der Waals surface area contributed by atoms with Gasteiger partial charge in [-0.25, -0.2) is 17.5 Å². The number of aliphatic imine (C=N–C) groups is 1. The predicted octanol–water partition coefficient (Wildman–Crippen LogP) is 2.28. The molecule has 0 bridgehead atoms. The summed E-state index contributed by atoms with van der Waals surface area (Å²) in [5.74, 6) is 0.364. The molecule has 0 aliphatic carbocycles. The van der Waals surface area contributed by atoms with Crippen LogP contribution in [0.25, 0.3) is 0 Å². The third-order valence-corrected chi connectivity index (χ3v) is 5.64. The third kappa shape index (κ3) is 8.54. The number of sulfonamides is 1. The van der Waals surface area contributed by atoms with Crippen LogP contribution in [-0.2, 0) is 27.7 Å². The van der Waals surface area contributed by atoms with Crippen molar-refractivity contribution in [2.45, 2.75) is 17.9 Å². The first-order valence-corrected chi connectivity index (χ1v) is 10.7. The van der Waals surface area contributed by atoms with Gasteiger partial charge in [-0.05, 0) is 35.7 Å². The van der Waals surface area contributed by atoms with Crippen LogP contribution in [0, 0.1) is 5.82 Å². The van der Waals surface area contributed by atoms with Gasteiger partial charge in [-0.3, -0.25) is 4.99 Å². The van der Waals surface area contributed by atoms with Gasteiger partial charge in [0, 0.05) is 33.8 Å². The normalized spacial score (nSPS) is 11.6. The number of ether oxygens (including phenoxy) is 1. The van der Waals surface area contributed by atoms with Crippen LogP contribution in [0.15, 0.2) is 58.4 Å². The molecule has 30 heavy (non-hydrogen) atoms. The van der Waals surface area contributed by atoms with Crippen molar-refractivity contribution < 1.29 is 17.5 Å². The molecule has 0 radical (unpaired) electrons. The number of nitrogens with zero attached hydrogens (tertiary/aromatic N) is 1. The van der Waals surface area contributed by atoms with Gasteiger partial charge in [-0.2, -0.15) is 0 Å². The lowest BCUT2D eigenvalue weighted by atomic mass is 10.1. The van der Waals surface area contributed by atoms with E-state index in [1.807, 2.05) is 6.07 Å². The molecule has 0 atom stereocenters. The van der Waals surface area contributed by atoms with Gasteiger partial charge in [-0.1, -0.05) is 30.3 Å². The Morgan fingerprint density at radius 2 is 1.77 bits per heavy atom. The summed E-state index contributed by atoms with van der Waals surface area (Å²) in [6.07, 6.45) is 0.538. The zero-order valence-electron chi connectivity index (χ0n) is 17.0. The molecule has 0 saturated heterocycles. The summed E-state index contributed by atoms with van der Waals surface area (Å²) in [5.41, 5.74) is 1.55. The van der Waals surface area contributed by atoms with Crippen molar-refractivity contribution >= 4 is 40.0 Å². The molecule has 0 unspecified atom stereocenters. The first-order chi connectivity index (χ1) is 14.0. The van der Waals surface area contributed by atoms with Crippen molar-refractivity contribution in [2.24, 2.45) is 4.99 Å². The van der Waals surface area contributed by atoms with Gasteiger partial charge in [0.25, 0.3) is 0 Å². The number of nitrogens with one attached hydrogen (secondary N) is 3. The topological polar surface area (TPSA) is 91.8 Å². The smallest absolute Gasteiger partial charge is 0.240 e. The van der Waals surface area contributed by atoms with Crippen molar-refractivity contribution in [3.63, 3.8) is 0 Å². The van der Waals surface area contributed by atoms with Gasteiger partial charge in [0.2, 0.25) is 10.0 Å². The number of benzene rings is 2. The van der Waals surface area contributed by atoms with Gasteiger partial charge >= 0.3 is 0 Å². The largest absolute Gasteiger partial charge is 0.383 e. The molecule has 2 aromatic carbocycles. The number of halogens is 2. The number of hydrogen-bond acceptors (Lipinski definition) is 4. The standard InChI is InChI=1S/C20H27FN4O3S.HI/c1-22-20(23-12-11-17-5-3-4-6-19(17)21)24-15-16-7-9-18(10-8-16)29(26,27)25-13-14-28-2;/h3-10,25H,11-15H2,1-2H3,(H2,22,23,24);1H. The molecule has 0 saturated carbocycles. The molecule has 166 valence electrons. The van der Waals surface area contributed by atoms with E-state index in [2.05, 4.69) is 20.3 Å². The van der Waals surface area contributed by atoms with E-state index >= 15 is 0 Å². The summed E-state index contributed by atoms with van der Waals surface area (Å²) in [4.78, 5) is 4.34. The SMILES string of the molecule is CN=C(NCCc1ccccc1F)NCc1ccc(S(=O)(=O)NCCOC)cc1.I. The average molecular weight is 550 g/mol. The van der Waals surface area contributed by atoms with Crippen LogP contribution in [-0.4, -0.2) is 48.2 Å². The first-order valence-electron chi connectivity index (χ1n) is 9.21. The molecular weight excluding hydrogens is 522 g/mol. The second-order valence-electron chi connectivity index (χ2n) is 6.23. The maximum Gasteiger partial charge on any atom is 0.240 e. The molecular formula is C20H28FIN4O3S. The lowest BCUT2D eigenvalue weighted by molar-refractivity contribution is 0.204. The molecule has 7 nitrogen and oxygen atoms in total. The molecule has 0 heterocycles. The molecule has 2 rings (SSSR count). The van der Waals surface area contributed by atoms with E-state index in [0.717, 1.165) is 5.56 Å². The van der Waals surface area contributed by atoms with Crippen LogP contribution in [0.3, 0.4) is 0 Å². The molecule has 0 spiro atoms. The molecule has 0 fully saturated rings. The fourth-order valence-electron chi connectivity index (χ4n) is 2.57. The van der Waals surface area contributed by atoms with E-state index < -0.39 is 10.0 Å². The van der Waals surface area contributed by atoms with Gasteiger partial charge in [0.05, 0.1) is 11.5 Å². The maximum absolute atomic E-state index is 13.6. The van der Waals surface area contributed by atoms with Crippen LogP contribution in [0.2, 0.25) is 0 Å². The highest BCUT2D eigenvalue weighted by Crippen LogP contribution is 2.10. The van der Waals surface area contributed by atoms with E-state index in [-0.39, 0.29) is 41.2 Å². The zero-order valence-corrected chi connectivity index (χ0v) is 20.2. The molecule has 10 heteroatoms. The van der Waals surface area contributed by atoms with Crippen molar-refractivity contribution in [3.8, 4) is 0 Å². The minimum atomic E-state index is -3.54. The van der Waals surface area contributed by atoms with Crippen molar-refractivity contribution in [1.29, 1.82) is 0 Å². The fraction of sp³-hybridized carbons (Fsp3) is 0.350. The van der Waals surface area contributed by atoms with Gasteiger partial charge in [0.15, 0.2) is 5.96 Å². The van der Waals surface area contributed by atoms with E-state index in [4.69, 9.17) is 4.74 Å². The maximum atomic E-state index is 13.6. The molecule has 3 N–H and O–H groups in total. The minimum absolute atomic E-state index is 0. The zero-order chi connectivity index (χ0) is 21.1. The molecule has 0 amide bonds. The Balaban J connectivity index is 0.00000450. The van der Waals surface area contributed by atoms with Crippen LogP contribution in [0.1, 0.15) is 11.1 Å². The summed E-state index contributed by atoms with van der Waals surface area (Å²) < 4.78 is 45.3. The van der Waals surface area contributed by atoms with Crippen LogP contribution >= 0.6 is 24.0 Å². The van der Waals surface area contributed by atoms with Crippen LogP contribution < -0.4 is 15.4 Å². The predicted molar refractivity (Wildman–Crippen MR) is 127 cm³/mol. The lowest BCUT2D eigenvalue weighted by Crippen LogP contribution is -2.37. The highest BCUT2D eigenvalue weighted by atomic mass is 127.